The highest BCUT2D eigenvalue weighted by Crippen LogP contribution is 2.35. The highest BCUT2D eigenvalue weighted by Gasteiger charge is 2.39. The average Bonchev–Trinajstić information content (AvgIpc) is 3.26. The summed E-state index contributed by atoms with van der Waals surface area (Å²) in [6.45, 7) is 5.78. The number of nitrogens with zero attached hydrogens (tertiary/aromatic N) is 1. The first-order chi connectivity index (χ1) is 18.0. The first-order valence-corrected chi connectivity index (χ1v) is 14.6. The van der Waals surface area contributed by atoms with Gasteiger partial charge in [-0.15, -0.1) is 0 Å². The normalized spacial score (nSPS) is 27.3. The second kappa shape index (κ2) is 12.0. The van der Waals surface area contributed by atoms with E-state index < -0.39 is 11.6 Å². The summed E-state index contributed by atoms with van der Waals surface area (Å²) < 4.78 is 0. The summed E-state index contributed by atoms with van der Waals surface area (Å²) in [6, 6.07) is 18.7. The van der Waals surface area contributed by atoms with Crippen LogP contribution in [0.25, 0.3) is 0 Å². The molecule has 2 aromatic rings. The standard InChI is InChI=1S/C32H45N3O2/c1-24(32(37,28-8-4-2-5-9-28)29-10-6-3-7-11-29)33-31(36)34-30-18-16-25(17-19-30)20-21-35-22-26-12-13-27(23-35)15-14-26/h2-11,24-27,30,37H,12-23H2,1H3,(H2,33,34,36)/t24-,25?,26?,27?,30?/m0/s1. The van der Waals surface area contributed by atoms with Crippen molar-refractivity contribution in [2.24, 2.45) is 17.8 Å². The van der Waals surface area contributed by atoms with Crippen LogP contribution in [0.1, 0.15) is 75.8 Å². The average molecular weight is 504 g/mol. The number of carbonyl (C=O) groups excluding carboxylic acids is 1. The van der Waals surface area contributed by atoms with Gasteiger partial charge in [0.1, 0.15) is 5.60 Å². The van der Waals surface area contributed by atoms with Crippen LogP contribution in [0.4, 0.5) is 4.79 Å². The fourth-order valence-electron chi connectivity index (χ4n) is 7.12. The van der Waals surface area contributed by atoms with Crippen LogP contribution in [0.15, 0.2) is 60.7 Å². The van der Waals surface area contributed by atoms with Crippen molar-refractivity contribution in [2.45, 2.75) is 82.4 Å². The van der Waals surface area contributed by atoms with Gasteiger partial charge in [0.25, 0.3) is 0 Å². The van der Waals surface area contributed by atoms with E-state index in [-0.39, 0.29) is 12.1 Å². The maximum atomic E-state index is 13.0. The van der Waals surface area contributed by atoms with E-state index in [1.54, 1.807) is 0 Å². The SMILES string of the molecule is C[C@H](NC(=O)NC1CCC(CCN2CC3CCC(CC3)C2)CC1)C(O)(c1ccccc1)c1ccccc1. The third-order valence-electron chi connectivity index (χ3n) is 9.44. The quantitative estimate of drug-likeness (QED) is 0.434. The molecule has 2 aromatic carbocycles. The van der Waals surface area contributed by atoms with E-state index in [9.17, 15) is 9.90 Å². The topological polar surface area (TPSA) is 64.6 Å². The number of benzene rings is 2. The van der Waals surface area contributed by atoms with Crippen molar-refractivity contribution < 1.29 is 9.90 Å². The van der Waals surface area contributed by atoms with Gasteiger partial charge in [0.05, 0.1) is 6.04 Å². The fraction of sp³-hybridized carbons (Fsp3) is 0.594. The lowest BCUT2D eigenvalue weighted by atomic mass is 9.81. The summed E-state index contributed by atoms with van der Waals surface area (Å²) in [7, 11) is 0. The minimum absolute atomic E-state index is 0.193. The number of urea groups is 1. The molecule has 4 aliphatic rings. The van der Waals surface area contributed by atoms with Gasteiger partial charge in [0, 0.05) is 19.1 Å². The van der Waals surface area contributed by atoms with Crippen LogP contribution in [0.5, 0.6) is 0 Å². The molecule has 2 aliphatic carbocycles. The summed E-state index contributed by atoms with van der Waals surface area (Å²) >= 11 is 0. The summed E-state index contributed by atoms with van der Waals surface area (Å²) in [5, 5.41) is 18.2. The van der Waals surface area contributed by atoms with E-state index in [4.69, 9.17) is 0 Å². The van der Waals surface area contributed by atoms with Gasteiger partial charge in [-0.2, -0.15) is 0 Å². The number of nitrogens with one attached hydrogen (secondary N) is 2. The molecule has 2 heterocycles. The lowest BCUT2D eigenvalue weighted by molar-refractivity contribution is 0.0470. The lowest BCUT2D eigenvalue weighted by Gasteiger charge is -2.36. The summed E-state index contributed by atoms with van der Waals surface area (Å²) in [6.07, 6.45) is 11.6. The van der Waals surface area contributed by atoms with Gasteiger partial charge < -0.3 is 20.6 Å². The molecule has 0 aromatic heterocycles. The zero-order valence-corrected chi connectivity index (χ0v) is 22.4. The fourth-order valence-corrected chi connectivity index (χ4v) is 7.12. The Morgan fingerprint density at radius 3 is 1.89 bits per heavy atom. The number of amides is 2. The zero-order chi connectivity index (χ0) is 25.7. The monoisotopic (exact) mass is 503 g/mol. The van der Waals surface area contributed by atoms with Crippen LogP contribution < -0.4 is 10.6 Å². The van der Waals surface area contributed by atoms with Crippen LogP contribution in [0, 0.1) is 17.8 Å². The van der Waals surface area contributed by atoms with Crippen LogP contribution in [-0.4, -0.2) is 47.8 Å². The molecule has 2 saturated carbocycles. The Balaban J connectivity index is 1.10. The largest absolute Gasteiger partial charge is 0.378 e. The molecule has 4 fully saturated rings. The molecule has 5 nitrogen and oxygen atoms in total. The lowest BCUT2D eigenvalue weighted by Crippen LogP contribution is -2.54. The van der Waals surface area contributed by atoms with Crippen molar-refractivity contribution in [3.05, 3.63) is 71.8 Å². The number of hydrogen-bond donors (Lipinski definition) is 3. The Morgan fingerprint density at radius 2 is 1.38 bits per heavy atom. The van der Waals surface area contributed by atoms with Crippen LogP contribution in [0.2, 0.25) is 0 Å². The van der Waals surface area contributed by atoms with E-state index in [1.165, 1.54) is 64.6 Å². The van der Waals surface area contributed by atoms with Crippen molar-refractivity contribution in [1.82, 2.24) is 15.5 Å². The van der Waals surface area contributed by atoms with E-state index in [2.05, 4.69) is 15.5 Å². The molecule has 0 radical (unpaired) electrons. The molecular formula is C32H45N3O2. The Hall–Kier alpha value is -2.37. The Bertz CT molecular complexity index is 928. The molecule has 0 spiro atoms. The maximum absolute atomic E-state index is 13.0. The predicted molar refractivity (Wildman–Crippen MR) is 149 cm³/mol. The minimum atomic E-state index is -1.32. The molecule has 2 amide bonds. The number of aliphatic hydroxyl groups is 1. The van der Waals surface area contributed by atoms with E-state index in [0.29, 0.717) is 0 Å². The van der Waals surface area contributed by atoms with Crippen LogP contribution in [-0.2, 0) is 5.60 Å². The van der Waals surface area contributed by atoms with Crippen molar-refractivity contribution in [3.63, 3.8) is 0 Å². The number of fused-ring (bicyclic) bond motifs is 4. The second-order valence-corrected chi connectivity index (χ2v) is 12.0. The maximum Gasteiger partial charge on any atom is 0.315 e. The molecule has 37 heavy (non-hydrogen) atoms. The van der Waals surface area contributed by atoms with Crippen molar-refractivity contribution in [2.75, 3.05) is 19.6 Å². The highest BCUT2D eigenvalue weighted by atomic mass is 16.3. The van der Waals surface area contributed by atoms with E-state index >= 15 is 0 Å². The van der Waals surface area contributed by atoms with Gasteiger partial charge in [-0.25, -0.2) is 4.79 Å². The molecule has 3 N–H and O–H groups in total. The molecule has 1 atom stereocenters. The summed E-state index contributed by atoms with van der Waals surface area (Å²) in [5.74, 6) is 2.67. The Morgan fingerprint density at radius 1 is 0.865 bits per heavy atom. The summed E-state index contributed by atoms with van der Waals surface area (Å²) in [5.41, 5.74) is 0.225. The van der Waals surface area contributed by atoms with Crippen molar-refractivity contribution in [3.8, 4) is 0 Å². The molecular weight excluding hydrogens is 458 g/mol. The van der Waals surface area contributed by atoms with E-state index in [0.717, 1.165) is 41.7 Å². The number of carbonyl (C=O) groups is 1. The van der Waals surface area contributed by atoms with Gasteiger partial charge in [0.15, 0.2) is 0 Å². The smallest absolute Gasteiger partial charge is 0.315 e. The molecule has 2 aliphatic heterocycles. The molecule has 5 heteroatoms. The minimum Gasteiger partial charge on any atom is -0.378 e. The van der Waals surface area contributed by atoms with Crippen molar-refractivity contribution in [1.29, 1.82) is 0 Å². The second-order valence-electron chi connectivity index (χ2n) is 12.0. The van der Waals surface area contributed by atoms with Gasteiger partial charge >= 0.3 is 6.03 Å². The van der Waals surface area contributed by atoms with Gasteiger partial charge in [-0.05, 0) is 100 Å². The molecule has 2 saturated heterocycles. The van der Waals surface area contributed by atoms with E-state index in [1.807, 2.05) is 67.6 Å². The van der Waals surface area contributed by atoms with Gasteiger partial charge in [-0.3, -0.25) is 0 Å². The van der Waals surface area contributed by atoms with Crippen molar-refractivity contribution >= 4 is 6.03 Å². The first-order valence-electron chi connectivity index (χ1n) is 14.6. The zero-order valence-electron chi connectivity index (χ0n) is 22.4. The molecule has 200 valence electrons. The first kappa shape index (κ1) is 26.2. The van der Waals surface area contributed by atoms with Gasteiger partial charge in [-0.1, -0.05) is 60.7 Å². The number of rotatable bonds is 8. The highest BCUT2D eigenvalue weighted by molar-refractivity contribution is 5.75. The van der Waals surface area contributed by atoms with Crippen LogP contribution >= 0.6 is 0 Å². The van der Waals surface area contributed by atoms with Crippen LogP contribution in [0.3, 0.4) is 0 Å². The molecule has 0 unspecified atom stereocenters. The number of hydrogen-bond acceptors (Lipinski definition) is 3. The molecule has 2 bridgehead atoms. The van der Waals surface area contributed by atoms with Gasteiger partial charge in [0.2, 0.25) is 0 Å². The summed E-state index contributed by atoms with van der Waals surface area (Å²) in [4.78, 5) is 15.8. The predicted octanol–water partition coefficient (Wildman–Crippen LogP) is 5.68. The Kier molecular flexibility index (Phi) is 8.51. The Labute approximate surface area is 223 Å². The molecule has 6 rings (SSSR count). The third-order valence-corrected chi connectivity index (χ3v) is 9.44. The third kappa shape index (κ3) is 6.38.